The van der Waals surface area contributed by atoms with Crippen molar-refractivity contribution >= 4 is 35.9 Å². The molecule has 0 saturated heterocycles. The summed E-state index contributed by atoms with van der Waals surface area (Å²) in [6, 6.07) is 33.7. The van der Waals surface area contributed by atoms with Crippen molar-refractivity contribution < 1.29 is 49.0 Å². The first kappa shape index (κ1) is 47.7. The van der Waals surface area contributed by atoms with Crippen LogP contribution in [0.25, 0.3) is 32.7 Å². The monoisotopic (exact) mass is 884 g/mol. The van der Waals surface area contributed by atoms with Crippen molar-refractivity contribution in [3.05, 3.63) is 160 Å². The molecule has 0 nitrogen and oxygen atoms in total. The molecule has 0 atom stereocenters. The molecule has 0 N–H and O–H groups in total. The van der Waals surface area contributed by atoms with Crippen LogP contribution in [0, 0.1) is 22.3 Å². The number of fused-ring (bicyclic) bond motifs is 5. The third-order valence-corrected chi connectivity index (χ3v) is 12.5. The second-order valence-corrected chi connectivity index (χ2v) is 22.3. The molecule has 5 aromatic carbocycles. The van der Waals surface area contributed by atoms with Gasteiger partial charge >= 0.3 is 112 Å². The molecule has 0 fully saturated rings. The molecule has 5 aromatic rings. The van der Waals surface area contributed by atoms with Gasteiger partial charge in [0.05, 0.1) is 0 Å². The van der Waals surface area contributed by atoms with Crippen LogP contribution in [0.5, 0.6) is 0 Å². The standard InChI is InChI=1S/C31H37.C15H14.C9H13.2ClH.Zr/c1-28(2,3)26-16-30(7,8)24-12-18-11-19-13-25-23(15-21(19)20(18)14-22(24)26)27(29(4,5)6)17-31(25,9)10;1-3-8-14(9-4-1)12-7-13-15-10-5-2-6-11-15;1-9(2,3)8-6-4-5-7-8;;;/h11-17H,1-10H3;1-6,8-11H,12-13H2;6-7H,4H2,1-3H3;2*1H;/q-1;;-1;;;+2/p-2. The maximum absolute atomic E-state index is 3.16. The molecule has 0 aromatic heterocycles. The Kier molecular flexibility index (Phi) is 14.8. The summed E-state index contributed by atoms with van der Waals surface area (Å²) >= 11 is 1.55. The van der Waals surface area contributed by atoms with Crippen LogP contribution in [0.15, 0.2) is 121 Å². The van der Waals surface area contributed by atoms with E-state index in [0.29, 0.717) is 5.41 Å². The number of rotatable bonds is 4. The fraction of sp³-hybridized carbons (Fsp3) is 0.382. The van der Waals surface area contributed by atoms with Gasteiger partial charge in [-0.2, -0.15) is 11.6 Å². The van der Waals surface area contributed by atoms with Crippen molar-refractivity contribution in [3.63, 3.8) is 0 Å². The summed E-state index contributed by atoms with van der Waals surface area (Å²) in [6.45, 7) is 30.1. The Balaban J connectivity index is 0.000000230. The summed E-state index contributed by atoms with van der Waals surface area (Å²) in [4.78, 5) is 0. The summed E-state index contributed by atoms with van der Waals surface area (Å²) in [5, 5.41) is 5.58. The first-order valence-corrected chi connectivity index (χ1v) is 21.9. The van der Waals surface area contributed by atoms with E-state index < -0.39 is 0 Å². The van der Waals surface area contributed by atoms with Crippen LogP contribution >= 0.6 is 0 Å². The maximum atomic E-state index is 3.16. The van der Waals surface area contributed by atoms with Crippen LogP contribution in [0.4, 0.5) is 0 Å². The molecule has 8 rings (SSSR count). The van der Waals surface area contributed by atoms with Crippen molar-refractivity contribution in [1.29, 1.82) is 0 Å². The van der Waals surface area contributed by atoms with E-state index in [1.54, 1.807) is 27.4 Å². The van der Waals surface area contributed by atoms with Crippen LogP contribution in [0.2, 0.25) is 0 Å². The molecule has 58 heavy (non-hydrogen) atoms. The molecular formula is C55H64Cl2Zr-2. The topological polar surface area (TPSA) is 0 Å². The van der Waals surface area contributed by atoms with Crippen LogP contribution < -0.4 is 24.8 Å². The predicted octanol–water partition coefficient (Wildman–Crippen LogP) is 9.07. The normalized spacial score (nSPS) is 16.1. The Morgan fingerprint density at radius 1 is 0.603 bits per heavy atom. The van der Waals surface area contributed by atoms with E-state index >= 15 is 0 Å². The SMILES string of the molecule is CC(C)(C)C1=CC(C)(C)c2cc3[cH-]c4cc5c(cc4c3cc21)C(C(C)(C)C)=CC5(C)C.CC(C)(C)C1=CC[C-]=C1.[Cl-].[Cl-].[Zr+2]=[C](Cc1ccccc1)Cc1ccccc1. The van der Waals surface area contributed by atoms with Crippen molar-refractivity contribution in [2.24, 2.45) is 16.2 Å². The third-order valence-electron chi connectivity index (χ3n) is 11.7. The van der Waals surface area contributed by atoms with E-state index in [1.807, 2.05) is 0 Å². The van der Waals surface area contributed by atoms with Crippen molar-refractivity contribution in [3.8, 4) is 0 Å². The van der Waals surface area contributed by atoms with Crippen LogP contribution in [-0.4, -0.2) is 3.21 Å². The minimum absolute atomic E-state index is 0. The second-order valence-electron chi connectivity index (χ2n) is 20.6. The zero-order valence-corrected chi connectivity index (χ0v) is 41.3. The Bertz CT molecular complexity index is 2230. The Labute approximate surface area is 378 Å². The first-order valence-electron chi connectivity index (χ1n) is 20.7. The summed E-state index contributed by atoms with van der Waals surface area (Å²) in [5.41, 5.74) is 13.9. The third kappa shape index (κ3) is 10.7. The van der Waals surface area contributed by atoms with Gasteiger partial charge in [-0.05, 0) is 33.1 Å². The molecular weight excluding hydrogens is 823 g/mol. The predicted molar refractivity (Wildman–Crippen MR) is 243 cm³/mol. The minimum atomic E-state index is 0. The zero-order valence-electron chi connectivity index (χ0n) is 37.3. The molecule has 0 unspecified atom stereocenters. The van der Waals surface area contributed by atoms with Gasteiger partial charge in [0, 0.05) is 10.8 Å². The zero-order chi connectivity index (χ0) is 40.8. The van der Waals surface area contributed by atoms with E-state index in [0.717, 1.165) is 19.3 Å². The van der Waals surface area contributed by atoms with Crippen molar-refractivity contribution in [1.82, 2.24) is 0 Å². The number of hydrogen-bond donors (Lipinski definition) is 0. The average molecular weight is 887 g/mol. The number of hydrogen-bond acceptors (Lipinski definition) is 0. The van der Waals surface area contributed by atoms with Gasteiger partial charge in [-0.25, -0.2) is 6.08 Å². The summed E-state index contributed by atoms with van der Waals surface area (Å²) in [5.74, 6) is 0. The van der Waals surface area contributed by atoms with E-state index in [-0.39, 0.29) is 46.5 Å². The fourth-order valence-corrected chi connectivity index (χ4v) is 9.56. The van der Waals surface area contributed by atoms with Crippen LogP contribution in [0.1, 0.15) is 130 Å². The Morgan fingerprint density at radius 3 is 1.31 bits per heavy atom. The van der Waals surface area contributed by atoms with Gasteiger partial charge in [0.25, 0.3) is 0 Å². The van der Waals surface area contributed by atoms with Gasteiger partial charge in [0.1, 0.15) is 0 Å². The van der Waals surface area contributed by atoms with Gasteiger partial charge in [-0.3, -0.25) is 6.08 Å². The van der Waals surface area contributed by atoms with Crippen LogP contribution in [-0.2, 0) is 47.9 Å². The first-order chi connectivity index (χ1) is 26.0. The molecule has 0 saturated carbocycles. The summed E-state index contributed by atoms with van der Waals surface area (Å²) < 4.78 is 1.60. The molecule has 3 heteroatoms. The molecule has 0 amide bonds. The number of allylic oxidation sites excluding steroid dienone is 8. The van der Waals surface area contributed by atoms with E-state index in [2.05, 4.69) is 211 Å². The van der Waals surface area contributed by atoms with Gasteiger partial charge in [-0.15, -0.1) is 46.2 Å². The second kappa shape index (κ2) is 17.9. The quantitative estimate of drug-likeness (QED) is 0.158. The number of halogens is 2. The molecule has 3 aliphatic carbocycles. The Morgan fingerprint density at radius 2 is 1.00 bits per heavy atom. The average Bonchev–Trinajstić information content (AvgIpc) is 3.88. The van der Waals surface area contributed by atoms with Crippen LogP contribution in [0.3, 0.4) is 0 Å². The van der Waals surface area contributed by atoms with E-state index in [1.165, 1.54) is 71.6 Å². The molecule has 0 aliphatic heterocycles. The summed E-state index contributed by atoms with van der Waals surface area (Å²) in [6.07, 6.45) is 15.7. The fourth-order valence-electron chi connectivity index (χ4n) is 8.56. The van der Waals surface area contributed by atoms with Gasteiger partial charge in [0.2, 0.25) is 0 Å². The molecule has 0 heterocycles. The van der Waals surface area contributed by atoms with E-state index in [4.69, 9.17) is 0 Å². The Hall–Kier alpha value is -2.96. The van der Waals surface area contributed by atoms with E-state index in [9.17, 15) is 0 Å². The molecule has 304 valence electrons. The van der Waals surface area contributed by atoms with Crippen molar-refractivity contribution in [2.45, 2.75) is 120 Å². The molecule has 0 radical (unpaired) electrons. The van der Waals surface area contributed by atoms with Gasteiger partial charge < -0.3 is 24.8 Å². The van der Waals surface area contributed by atoms with Gasteiger partial charge in [0.15, 0.2) is 0 Å². The van der Waals surface area contributed by atoms with Gasteiger partial charge in [-0.1, -0.05) is 131 Å². The molecule has 0 spiro atoms. The molecule has 3 aliphatic rings. The molecule has 0 bridgehead atoms. The summed E-state index contributed by atoms with van der Waals surface area (Å²) in [7, 11) is 0. The number of benzene rings is 4. The van der Waals surface area contributed by atoms with Crippen molar-refractivity contribution in [2.75, 3.05) is 0 Å².